The minimum atomic E-state index is 0.173. The molecule has 1 fully saturated rings. The zero-order valence-corrected chi connectivity index (χ0v) is 13.1. The quantitative estimate of drug-likeness (QED) is 0.737. The van der Waals surface area contributed by atoms with Gasteiger partial charge < -0.3 is 4.90 Å². The van der Waals surface area contributed by atoms with E-state index < -0.39 is 0 Å². The summed E-state index contributed by atoms with van der Waals surface area (Å²) in [4.78, 5) is 14.5. The fraction of sp³-hybridized carbons (Fsp3) is 0.611. The Morgan fingerprint density at radius 1 is 1.05 bits per heavy atom. The van der Waals surface area contributed by atoms with E-state index in [0.29, 0.717) is 12.0 Å². The van der Waals surface area contributed by atoms with Crippen molar-refractivity contribution in [1.82, 2.24) is 4.90 Å². The van der Waals surface area contributed by atoms with Gasteiger partial charge in [0.2, 0.25) is 0 Å². The largest absolute Gasteiger partial charge is 0.339 e. The van der Waals surface area contributed by atoms with Gasteiger partial charge in [-0.3, -0.25) is 4.79 Å². The van der Waals surface area contributed by atoms with Gasteiger partial charge in [0, 0.05) is 18.7 Å². The molecule has 0 unspecified atom stereocenters. The van der Waals surface area contributed by atoms with Crippen LogP contribution in [0.2, 0.25) is 0 Å². The van der Waals surface area contributed by atoms with E-state index in [1.807, 2.05) is 24.1 Å². The van der Waals surface area contributed by atoms with Crippen LogP contribution < -0.4 is 0 Å². The van der Waals surface area contributed by atoms with Gasteiger partial charge in [-0.25, -0.2) is 0 Å². The summed E-state index contributed by atoms with van der Waals surface area (Å²) in [6, 6.07) is 8.54. The number of carbonyl (C=O) groups excluding carboxylic acids is 1. The number of amides is 1. The number of hydrogen-bond acceptors (Lipinski definition) is 1. The molecule has 20 heavy (non-hydrogen) atoms. The summed E-state index contributed by atoms with van der Waals surface area (Å²) in [6.07, 6.45) is 7.48. The second-order valence-electron chi connectivity index (χ2n) is 6.34. The van der Waals surface area contributed by atoms with E-state index in [4.69, 9.17) is 0 Å². The molecule has 0 radical (unpaired) electrons. The highest BCUT2D eigenvalue weighted by atomic mass is 16.2. The number of rotatable bonds is 3. The second kappa shape index (κ2) is 6.92. The molecule has 1 aromatic carbocycles. The highest BCUT2D eigenvalue weighted by Crippen LogP contribution is 2.23. The van der Waals surface area contributed by atoms with Crippen LogP contribution in [0.15, 0.2) is 24.3 Å². The molecular formula is C18H27NO. The van der Waals surface area contributed by atoms with Gasteiger partial charge in [0.05, 0.1) is 0 Å². The van der Waals surface area contributed by atoms with Gasteiger partial charge in [-0.05, 0) is 36.5 Å². The molecule has 0 saturated heterocycles. The topological polar surface area (TPSA) is 20.3 Å². The molecule has 0 atom stereocenters. The maximum atomic E-state index is 12.6. The first-order chi connectivity index (χ1) is 9.59. The van der Waals surface area contributed by atoms with Crippen molar-refractivity contribution in [3.63, 3.8) is 0 Å². The van der Waals surface area contributed by atoms with E-state index in [9.17, 15) is 4.79 Å². The van der Waals surface area contributed by atoms with Gasteiger partial charge in [0.15, 0.2) is 0 Å². The molecule has 0 aliphatic heterocycles. The van der Waals surface area contributed by atoms with E-state index in [-0.39, 0.29) is 5.91 Å². The van der Waals surface area contributed by atoms with Crippen LogP contribution >= 0.6 is 0 Å². The van der Waals surface area contributed by atoms with Crippen LogP contribution in [0.3, 0.4) is 0 Å². The fourth-order valence-electron chi connectivity index (χ4n) is 3.03. The van der Waals surface area contributed by atoms with Gasteiger partial charge in [-0.1, -0.05) is 51.7 Å². The first-order valence-corrected chi connectivity index (χ1v) is 7.96. The van der Waals surface area contributed by atoms with Crippen LogP contribution in [0.5, 0.6) is 0 Å². The molecule has 0 bridgehead atoms. The molecule has 0 heterocycles. The number of nitrogens with zero attached hydrogens (tertiary/aromatic N) is 1. The predicted molar refractivity (Wildman–Crippen MR) is 84.1 cm³/mol. The molecule has 0 aromatic heterocycles. The van der Waals surface area contributed by atoms with Crippen molar-refractivity contribution in [2.24, 2.45) is 0 Å². The summed E-state index contributed by atoms with van der Waals surface area (Å²) >= 11 is 0. The van der Waals surface area contributed by atoms with Crippen LogP contribution in [0.25, 0.3) is 0 Å². The van der Waals surface area contributed by atoms with Crippen molar-refractivity contribution >= 4 is 5.91 Å². The lowest BCUT2D eigenvalue weighted by molar-refractivity contribution is 0.0717. The Morgan fingerprint density at radius 3 is 2.10 bits per heavy atom. The Balaban J connectivity index is 2.05. The molecule has 1 amide bonds. The second-order valence-corrected chi connectivity index (χ2v) is 6.34. The van der Waals surface area contributed by atoms with Crippen LogP contribution in [-0.4, -0.2) is 23.9 Å². The molecule has 2 rings (SSSR count). The molecule has 1 aliphatic carbocycles. The van der Waals surface area contributed by atoms with E-state index in [0.717, 1.165) is 18.4 Å². The van der Waals surface area contributed by atoms with Gasteiger partial charge >= 0.3 is 0 Å². The van der Waals surface area contributed by atoms with Crippen molar-refractivity contribution < 1.29 is 4.79 Å². The third kappa shape index (κ3) is 3.62. The highest BCUT2D eigenvalue weighted by molar-refractivity contribution is 5.94. The monoisotopic (exact) mass is 273 g/mol. The van der Waals surface area contributed by atoms with Crippen molar-refractivity contribution in [3.05, 3.63) is 35.4 Å². The average molecular weight is 273 g/mol. The molecule has 0 spiro atoms. The summed E-state index contributed by atoms with van der Waals surface area (Å²) in [7, 11) is 1.97. The number of hydrogen-bond donors (Lipinski definition) is 0. The Kier molecular flexibility index (Phi) is 5.22. The Morgan fingerprint density at radius 2 is 1.60 bits per heavy atom. The Bertz CT molecular complexity index is 427. The molecule has 2 nitrogen and oxygen atoms in total. The lowest BCUT2D eigenvalue weighted by Crippen LogP contribution is -2.36. The molecule has 0 N–H and O–H groups in total. The van der Waals surface area contributed by atoms with Crippen molar-refractivity contribution in [3.8, 4) is 0 Å². The maximum absolute atomic E-state index is 12.6. The summed E-state index contributed by atoms with van der Waals surface area (Å²) in [5.41, 5.74) is 2.11. The highest BCUT2D eigenvalue weighted by Gasteiger charge is 2.22. The summed E-state index contributed by atoms with van der Waals surface area (Å²) in [6.45, 7) is 4.35. The maximum Gasteiger partial charge on any atom is 0.253 e. The fourth-order valence-corrected chi connectivity index (χ4v) is 3.03. The number of carbonyl (C=O) groups is 1. The minimum absolute atomic E-state index is 0.173. The summed E-state index contributed by atoms with van der Waals surface area (Å²) in [5, 5.41) is 0. The summed E-state index contributed by atoms with van der Waals surface area (Å²) < 4.78 is 0. The zero-order valence-electron chi connectivity index (χ0n) is 13.1. The predicted octanol–water partition coefficient (Wildman–Crippen LogP) is 4.60. The van der Waals surface area contributed by atoms with Crippen molar-refractivity contribution in [2.75, 3.05) is 7.05 Å². The van der Waals surface area contributed by atoms with Gasteiger partial charge in [0.25, 0.3) is 5.91 Å². The van der Waals surface area contributed by atoms with Crippen LogP contribution in [0.4, 0.5) is 0 Å². The third-order valence-corrected chi connectivity index (χ3v) is 4.52. The number of benzene rings is 1. The molecule has 2 heteroatoms. The molecule has 110 valence electrons. The first-order valence-electron chi connectivity index (χ1n) is 7.96. The van der Waals surface area contributed by atoms with Crippen LogP contribution in [0.1, 0.15) is 74.2 Å². The average Bonchev–Trinajstić information content (AvgIpc) is 2.75. The van der Waals surface area contributed by atoms with Crippen molar-refractivity contribution in [1.29, 1.82) is 0 Å². The first kappa shape index (κ1) is 15.1. The molecular weight excluding hydrogens is 246 g/mol. The van der Waals surface area contributed by atoms with Crippen LogP contribution in [-0.2, 0) is 0 Å². The summed E-state index contributed by atoms with van der Waals surface area (Å²) in [5.74, 6) is 0.686. The SMILES string of the molecule is CC(C)c1ccc(C(=O)N(C)C2CCCCCC2)cc1. The molecule has 1 aliphatic rings. The Labute approximate surface area is 123 Å². The zero-order chi connectivity index (χ0) is 14.5. The standard InChI is InChI=1S/C18H27NO/c1-14(2)15-10-12-16(13-11-15)18(20)19(3)17-8-6-4-5-7-9-17/h10-14,17H,4-9H2,1-3H3. The molecule has 1 saturated carbocycles. The Hall–Kier alpha value is -1.31. The minimum Gasteiger partial charge on any atom is -0.339 e. The molecule has 1 aromatic rings. The lowest BCUT2D eigenvalue weighted by Gasteiger charge is -2.27. The van der Waals surface area contributed by atoms with Gasteiger partial charge in [-0.15, -0.1) is 0 Å². The lowest BCUT2D eigenvalue weighted by atomic mass is 10.0. The van der Waals surface area contributed by atoms with Gasteiger partial charge in [-0.2, -0.15) is 0 Å². The normalized spacial score (nSPS) is 17.0. The van der Waals surface area contributed by atoms with E-state index in [1.54, 1.807) is 0 Å². The third-order valence-electron chi connectivity index (χ3n) is 4.52. The van der Waals surface area contributed by atoms with E-state index in [1.165, 1.54) is 31.2 Å². The smallest absolute Gasteiger partial charge is 0.253 e. The van der Waals surface area contributed by atoms with E-state index in [2.05, 4.69) is 26.0 Å². The van der Waals surface area contributed by atoms with Crippen molar-refractivity contribution in [2.45, 2.75) is 64.3 Å². The van der Waals surface area contributed by atoms with E-state index >= 15 is 0 Å². The van der Waals surface area contributed by atoms with Gasteiger partial charge in [0.1, 0.15) is 0 Å². The van der Waals surface area contributed by atoms with Crippen LogP contribution in [0, 0.1) is 0 Å².